The lowest BCUT2D eigenvalue weighted by Crippen LogP contribution is -2.23. The minimum absolute atomic E-state index is 0.161. The molecule has 4 nitrogen and oxygen atoms in total. The van der Waals surface area contributed by atoms with E-state index in [9.17, 15) is 9.90 Å². The van der Waals surface area contributed by atoms with Gasteiger partial charge in [0.2, 0.25) is 0 Å². The number of carbonyl (C=O) groups excluding carboxylic acids is 1. The number of carbonyl (C=O) groups is 1. The van der Waals surface area contributed by atoms with Crippen LogP contribution in [0.1, 0.15) is 5.56 Å². The molecule has 0 aliphatic carbocycles. The number of hydrogen-bond acceptors (Lipinski definition) is 3. The highest BCUT2D eigenvalue weighted by Gasteiger charge is 2.01. The van der Waals surface area contributed by atoms with E-state index < -0.39 is 5.91 Å². The smallest absolute Gasteiger partial charge is 0.295 e. The third kappa shape index (κ3) is 3.24. The van der Waals surface area contributed by atoms with Crippen molar-refractivity contribution < 1.29 is 15.0 Å². The Hall–Kier alpha value is -2.15. The quantitative estimate of drug-likeness (QED) is 0.494. The van der Waals surface area contributed by atoms with E-state index in [0.29, 0.717) is 13.0 Å². The Morgan fingerprint density at radius 2 is 2.13 bits per heavy atom. The summed E-state index contributed by atoms with van der Waals surface area (Å²) < 4.78 is 0. The second-order valence-electron chi connectivity index (χ2n) is 2.97. The van der Waals surface area contributed by atoms with Gasteiger partial charge in [-0.25, -0.2) is 0 Å². The summed E-state index contributed by atoms with van der Waals surface area (Å²) >= 11 is 0. The molecule has 1 amide bonds. The Morgan fingerprint density at radius 1 is 1.40 bits per heavy atom. The fourth-order valence-electron chi connectivity index (χ4n) is 1.10. The van der Waals surface area contributed by atoms with Crippen LogP contribution < -0.4 is 5.32 Å². The van der Waals surface area contributed by atoms with Gasteiger partial charge < -0.3 is 15.5 Å². The van der Waals surface area contributed by atoms with E-state index in [4.69, 9.17) is 11.5 Å². The van der Waals surface area contributed by atoms with E-state index in [1.807, 2.05) is 5.92 Å². The second kappa shape index (κ2) is 4.91. The Labute approximate surface area is 87.6 Å². The first-order valence-corrected chi connectivity index (χ1v) is 4.39. The van der Waals surface area contributed by atoms with Crippen LogP contribution in [-0.4, -0.2) is 22.7 Å². The van der Waals surface area contributed by atoms with Crippen molar-refractivity contribution in [3.05, 3.63) is 23.8 Å². The number of aromatic hydroxyl groups is 2. The zero-order valence-electron chi connectivity index (χ0n) is 8.03. The normalized spacial score (nSPS) is 9.27. The van der Waals surface area contributed by atoms with Gasteiger partial charge in [0.1, 0.15) is 0 Å². The molecule has 0 saturated heterocycles. The minimum atomic E-state index is -0.460. The predicted molar refractivity (Wildman–Crippen MR) is 55.3 cm³/mol. The van der Waals surface area contributed by atoms with Crippen LogP contribution in [0.5, 0.6) is 11.5 Å². The highest BCUT2D eigenvalue weighted by molar-refractivity contribution is 5.92. The van der Waals surface area contributed by atoms with Gasteiger partial charge in [-0.05, 0) is 30.0 Å². The standard InChI is InChI=1S/C11H11NO3/c1-2-11(15)12-6-5-8-3-4-9(13)10(14)7-8/h1,3-4,7,13-14H,5-6H2,(H,12,15). The summed E-state index contributed by atoms with van der Waals surface area (Å²) in [5, 5.41) is 20.7. The largest absolute Gasteiger partial charge is 0.504 e. The van der Waals surface area contributed by atoms with E-state index >= 15 is 0 Å². The predicted octanol–water partition coefficient (Wildman–Crippen LogP) is 0.390. The van der Waals surface area contributed by atoms with Crippen molar-refractivity contribution in [3.63, 3.8) is 0 Å². The number of hydrogen-bond donors (Lipinski definition) is 3. The third-order valence-corrected chi connectivity index (χ3v) is 1.87. The third-order valence-electron chi connectivity index (χ3n) is 1.87. The fraction of sp³-hybridized carbons (Fsp3) is 0.182. The van der Waals surface area contributed by atoms with E-state index in [1.165, 1.54) is 12.1 Å². The maximum Gasteiger partial charge on any atom is 0.295 e. The van der Waals surface area contributed by atoms with Crippen LogP contribution in [0.4, 0.5) is 0 Å². The van der Waals surface area contributed by atoms with Crippen LogP contribution in [0.2, 0.25) is 0 Å². The van der Waals surface area contributed by atoms with E-state index in [0.717, 1.165) is 5.56 Å². The average molecular weight is 205 g/mol. The molecule has 0 bridgehead atoms. The topological polar surface area (TPSA) is 69.6 Å². The van der Waals surface area contributed by atoms with Gasteiger partial charge in [0, 0.05) is 6.54 Å². The molecule has 0 aliphatic rings. The summed E-state index contributed by atoms with van der Waals surface area (Å²) in [5.41, 5.74) is 0.808. The fourth-order valence-corrected chi connectivity index (χ4v) is 1.10. The molecule has 0 heterocycles. The molecule has 0 fully saturated rings. The number of rotatable bonds is 3. The Bertz CT molecular complexity index is 407. The van der Waals surface area contributed by atoms with Crippen LogP contribution in [0.15, 0.2) is 18.2 Å². The van der Waals surface area contributed by atoms with Gasteiger partial charge in [-0.3, -0.25) is 4.79 Å². The Balaban J connectivity index is 2.49. The first kappa shape index (κ1) is 10.9. The molecular formula is C11H11NO3. The van der Waals surface area contributed by atoms with Crippen LogP contribution >= 0.6 is 0 Å². The molecule has 0 aliphatic heterocycles. The van der Waals surface area contributed by atoms with Gasteiger partial charge in [-0.2, -0.15) is 0 Å². The average Bonchev–Trinajstić information content (AvgIpc) is 2.23. The van der Waals surface area contributed by atoms with Crippen molar-refractivity contribution in [3.8, 4) is 23.8 Å². The number of nitrogens with one attached hydrogen (secondary N) is 1. The molecule has 1 aromatic carbocycles. The molecule has 1 aromatic rings. The van der Waals surface area contributed by atoms with Gasteiger partial charge >= 0.3 is 0 Å². The SMILES string of the molecule is C#CC(=O)NCCc1ccc(O)c(O)c1. The molecule has 0 atom stereocenters. The Kier molecular flexibility index (Phi) is 3.58. The molecule has 3 N–H and O–H groups in total. The lowest BCUT2D eigenvalue weighted by molar-refractivity contribution is -0.115. The summed E-state index contributed by atoms with van der Waals surface area (Å²) in [5.74, 6) is 1.14. The number of amides is 1. The van der Waals surface area contributed by atoms with Crippen LogP contribution in [0, 0.1) is 12.3 Å². The lowest BCUT2D eigenvalue weighted by atomic mass is 10.1. The summed E-state index contributed by atoms with van der Waals surface area (Å²) in [6.07, 6.45) is 5.40. The maximum atomic E-state index is 10.7. The van der Waals surface area contributed by atoms with Crippen molar-refractivity contribution in [2.75, 3.05) is 6.54 Å². The van der Waals surface area contributed by atoms with Gasteiger partial charge in [0.15, 0.2) is 11.5 Å². The van der Waals surface area contributed by atoms with E-state index in [2.05, 4.69) is 5.32 Å². The monoisotopic (exact) mass is 205 g/mol. The first-order chi connectivity index (χ1) is 7.13. The van der Waals surface area contributed by atoms with Gasteiger partial charge in [-0.1, -0.05) is 6.07 Å². The number of phenolic OH excluding ortho intramolecular Hbond substituents is 2. The Morgan fingerprint density at radius 3 is 2.73 bits per heavy atom. The molecule has 0 saturated carbocycles. The zero-order valence-corrected chi connectivity index (χ0v) is 8.03. The molecule has 15 heavy (non-hydrogen) atoms. The molecule has 0 unspecified atom stereocenters. The molecule has 1 rings (SSSR count). The van der Waals surface area contributed by atoms with Crippen LogP contribution in [0.25, 0.3) is 0 Å². The highest BCUT2D eigenvalue weighted by atomic mass is 16.3. The maximum absolute atomic E-state index is 10.7. The van der Waals surface area contributed by atoms with E-state index in [-0.39, 0.29) is 11.5 Å². The zero-order chi connectivity index (χ0) is 11.3. The summed E-state index contributed by atoms with van der Waals surface area (Å²) in [6.45, 7) is 0.396. The minimum Gasteiger partial charge on any atom is -0.504 e. The molecule has 0 aromatic heterocycles. The van der Waals surface area contributed by atoms with Crippen molar-refractivity contribution >= 4 is 5.91 Å². The molecule has 4 heteroatoms. The van der Waals surface area contributed by atoms with Gasteiger partial charge in [0.25, 0.3) is 5.91 Å². The molecule has 0 radical (unpaired) electrons. The van der Waals surface area contributed by atoms with Gasteiger partial charge in [0.05, 0.1) is 0 Å². The van der Waals surface area contributed by atoms with Crippen molar-refractivity contribution in [1.82, 2.24) is 5.32 Å². The number of phenols is 2. The lowest BCUT2D eigenvalue weighted by Gasteiger charge is -2.03. The second-order valence-corrected chi connectivity index (χ2v) is 2.97. The molecular weight excluding hydrogens is 194 g/mol. The van der Waals surface area contributed by atoms with Crippen molar-refractivity contribution in [2.24, 2.45) is 0 Å². The van der Waals surface area contributed by atoms with Crippen molar-refractivity contribution in [1.29, 1.82) is 0 Å². The first-order valence-electron chi connectivity index (χ1n) is 4.39. The van der Waals surface area contributed by atoms with Crippen LogP contribution in [-0.2, 0) is 11.2 Å². The number of terminal acetylenes is 1. The van der Waals surface area contributed by atoms with Crippen molar-refractivity contribution in [2.45, 2.75) is 6.42 Å². The molecule has 0 spiro atoms. The number of benzene rings is 1. The highest BCUT2D eigenvalue weighted by Crippen LogP contribution is 2.24. The van der Waals surface area contributed by atoms with Gasteiger partial charge in [-0.15, -0.1) is 6.42 Å². The molecule has 78 valence electrons. The van der Waals surface area contributed by atoms with E-state index in [1.54, 1.807) is 6.07 Å². The summed E-state index contributed by atoms with van der Waals surface area (Å²) in [4.78, 5) is 10.7. The summed E-state index contributed by atoms with van der Waals surface area (Å²) in [6, 6.07) is 4.50. The van der Waals surface area contributed by atoms with Crippen LogP contribution in [0.3, 0.4) is 0 Å². The summed E-state index contributed by atoms with van der Waals surface area (Å²) in [7, 11) is 0.